The molecule has 0 bridgehead atoms. The second kappa shape index (κ2) is 9.17. The van der Waals surface area contributed by atoms with Gasteiger partial charge in [0.05, 0.1) is 23.8 Å². The summed E-state index contributed by atoms with van der Waals surface area (Å²) in [4.78, 5) is 12.5. The Bertz CT molecular complexity index is 590. The standard InChI is InChI=1S/C16H26N6O/c1-3-5-7-9-11-15-14(10-8-6-4-2)18-20-22(15)16(23)21-13-12-17-19-21/h12-13H,3-11H2,1-2H3. The van der Waals surface area contributed by atoms with Gasteiger partial charge in [-0.2, -0.15) is 9.36 Å². The summed E-state index contributed by atoms with van der Waals surface area (Å²) in [6.07, 6.45) is 12.7. The van der Waals surface area contributed by atoms with Gasteiger partial charge in [0.15, 0.2) is 0 Å². The molecule has 0 aliphatic carbocycles. The molecule has 0 unspecified atom stereocenters. The van der Waals surface area contributed by atoms with Gasteiger partial charge in [-0.1, -0.05) is 56.4 Å². The van der Waals surface area contributed by atoms with E-state index in [-0.39, 0.29) is 6.03 Å². The Hall–Kier alpha value is -2.05. The van der Waals surface area contributed by atoms with Crippen molar-refractivity contribution in [1.82, 2.24) is 30.0 Å². The first-order chi connectivity index (χ1) is 11.3. The molecule has 0 atom stereocenters. The van der Waals surface area contributed by atoms with Crippen molar-refractivity contribution in [1.29, 1.82) is 0 Å². The van der Waals surface area contributed by atoms with Crippen molar-refractivity contribution < 1.29 is 4.79 Å². The average Bonchev–Trinajstić information content (AvgIpc) is 3.21. The van der Waals surface area contributed by atoms with Crippen LogP contribution in [0.4, 0.5) is 4.79 Å². The number of hydrogen-bond donors (Lipinski definition) is 0. The summed E-state index contributed by atoms with van der Waals surface area (Å²) in [5.74, 6) is 0. The molecule has 0 radical (unpaired) electrons. The Morgan fingerprint density at radius 1 is 1.00 bits per heavy atom. The quantitative estimate of drug-likeness (QED) is 0.663. The summed E-state index contributed by atoms with van der Waals surface area (Å²) >= 11 is 0. The maximum atomic E-state index is 12.5. The maximum Gasteiger partial charge on any atom is 0.372 e. The van der Waals surface area contributed by atoms with Crippen molar-refractivity contribution in [3.63, 3.8) is 0 Å². The van der Waals surface area contributed by atoms with Crippen LogP contribution >= 0.6 is 0 Å². The van der Waals surface area contributed by atoms with Gasteiger partial charge >= 0.3 is 6.03 Å². The second-order valence-corrected chi connectivity index (χ2v) is 5.79. The fourth-order valence-corrected chi connectivity index (χ4v) is 2.60. The van der Waals surface area contributed by atoms with Crippen LogP contribution in [0.25, 0.3) is 0 Å². The van der Waals surface area contributed by atoms with E-state index in [9.17, 15) is 4.79 Å². The third kappa shape index (κ3) is 4.71. The molecule has 0 aliphatic heterocycles. The molecule has 7 nitrogen and oxygen atoms in total. The normalized spacial score (nSPS) is 11.0. The molecule has 0 aromatic carbocycles. The lowest BCUT2D eigenvalue weighted by Crippen LogP contribution is -2.23. The van der Waals surface area contributed by atoms with Crippen molar-refractivity contribution in [2.45, 2.75) is 71.6 Å². The highest BCUT2D eigenvalue weighted by atomic mass is 16.2. The van der Waals surface area contributed by atoms with E-state index in [1.54, 1.807) is 0 Å². The zero-order valence-electron chi connectivity index (χ0n) is 14.1. The number of carbonyl (C=O) groups is 1. The highest BCUT2D eigenvalue weighted by Crippen LogP contribution is 2.15. The zero-order valence-corrected chi connectivity index (χ0v) is 14.1. The Kier molecular flexibility index (Phi) is 6.90. The molecular weight excluding hydrogens is 292 g/mol. The maximum absolute atomic E-state index is 12.5. The second-order valence-electron chi connectivity index (χ2n) is 5.79. The number of hydrogen-bond acceptors (Lipinski definition) is 5. The summed E-state index contributed by atoms with van der Waals surface area (Å²) < 4.78 is 2.59. The van der Waals surface area contributed by atoms with Gasteiger partial charge in [0.25, 0.3) is 0 Å². The number of rotatable bonds is 9. The van der Waals surface area contributed by atoms with Crippen LogP contribution in [0.3, 0.4) is 0 Å². The molecule has 2 aromatic heterocycles. The molecule has 7 heteroatoms. The Morgan fingerprint density at radius 2 is 1.74 bits per heavy atom. The van der Waals surface area contributed by atoms with Crippen molar-refractivity contribution in [3.05, 3.63) is 23.8 Å². The monoisotopic (exact) mass is 318 g/mol. The van der Waals surface area contributed by atoms with Crippen LogP contribution in [0.5, 0.6) is 0 Å². The lowest BCUT2D eigenvalue weighted by atomic mass is 10.1. The molecule has 2 aromatic rings. The van der Waals surface area contributed by atoms with Gasteiger partial charge in [0.2, 0.25) is 0 Å². The van der Waals surface area contributed by atoms with Crippen LogP contribution in [0.1, 0.15) is 70.2 Å². The predicted molar refractivity (Wildman–Crippen MR) is 87.3 cm³/mol. The SMILES string of the molecule is CCCCCCc1c(CCCCC)nnn1C(=O)n1ccnn1. The summed E-state index contributed by atoms with van der Waals surface area (Å²) in [7, 11) is 0. The van der Waals surface area contributed by atoms with Gasteiger partial charge < -0.3 is 0 Å². The fourth-order valence-electron chi connectivity index (χ4n) is 2.60. The number of aryl methyl sites for hydroxylation is 1. The summed E-state index contributed by atoms with van der Waals surface area (Å²) in [5, 5.41) is 15.8. The molecular formula is C16H26N6O. The molecule has 0 spiro atoms. The molecule has 2 rings (SSSR count). The summed E-state index contributed by atoms with van der Waals surface area (Å²) in [6.45, 7) is 4.37. The van der Waals surface area contributed by atoms with E-state index in [2.05, 4.69) is 34.5 Å². The largest absolute Gasteiger partial charge is 0.372 e. The van der Waals surface area contributed by atoms with Crippen molar-refractivity contribution in [3.8, 4) is 0 Å². The highest BCUT2D eigenvalue weighted by Gasteiger charge is 2.19. The minimum atomic E-state index is -0.317. The molecule has 23 heavy (non-hydrogen) atoms. The smallest absolute Gasteiger partial charge is 0.243 e. The van der Waals surface area contributed by atoms with Crippen molar-refractivity contribution in [2.75, 3.05) is 0 Å². The predicted octanol–water partition coefficient (Wildman–Crippen LogP) is 3.24. The van der Waals surface area contributed by atoms with E-state index in [1.165, 1.54) is 41.0 Å². The molecule has 0 amide bonds. The van der Waals surface area contributed by atoms with Crippen LogP contribution in [-0.4, -0.2) is 36.0 Å². The van der Waals surface area contributed by atoms with E-state index < -0.39 is 0 Å². The van der Waals surface area contributed by atoms with Crippen molar-refractivity contribution in [2.24, 2.45) is 0 Å². The van der Waals surface area contributed by atoms with E-state index in [0.29, 0.717) is 0 Å². The lowest BCUT2D eigenvalue weighted by molar-refractivity contribution is 0.236. The number of aromatic nitrogens is 6. The lowest BCUT2D eigenvalue weighted by Gasteiger charge is -2.06. The van der Waals surface area contributed by atoms with Crippen LogP contribution in [-0.2, 0) is 12.8 Å². The molecule has 0 saturated heterocycles. The Labute approximate surface area is 137 Å². The van der Waals surface area contributed by atoms with Crippen LogP contribution in [0.15, 0.2) is 12.4 Å². The Morgan fingerprint density at radius 3 is 2.43 bits per heavy atom. The van der Waals surface area contributed by atoms with E-state index in [4.69, 9.17) is 0 Å². The molecule has 0 saturated carbocycles. The molecule has 0 N–H and O–H groups in total. The van der Waals surface area contributed by atoms with Gasteiger partial charge in [-0.3, -0.25) is 0 Å². The average molecular weight is 318 g/mol. The van der Waals surface area contributed by atoms with Gasteiger partial charge in [-0.05, 0) is 25.7 Å². The number of nitrogens with zero attached hydrogens (tertiary/aromatic N) is 6. The van der Waals surface area contributed by atoms with Gasteiger partial charge in [-0.15, -0.1) is 10.2 Å². The minimum absolute atomic E-state index is 0.317. The first-order valence-electron chi connectivity index (χ1n) is 8.62. The molecule has 126 valence electrons. The third-order valence-electron chi connectivity index (χ3n) is 3.93. The molecule has 0 aliphatic rings. The van der Waals surface area contributed by atoms with E-state index in [0.717, 1.165) is 49.9 Å². The minimum Gasteiger partial charge on any atom is -0.243 e. The topological polar surface area (TPSA) is 78.5 Å². The Balaban J connectivity index is 2.14. The summed E-state index contributed by atoms with van der Waals surface area (Å²) in [6, 6.07) is -0.317. The van der Waals surface area contributed by atoms with Gasteiger partial charge in [-0.25, -0.2) is 4.79 Å². The van der Waals surface area contributed by atoms with Crippen LogP contribution in [0, 0.1) is 0 Å². The molecule has 2 heterocycles. The van der Waals surface area contributed by atoms with E-state index in [1.807, 2.05) is 0 Å². The van der Waals surface area contributed by atoms with Crippen LogP contribution in [0.2, 0.25) is 0 Å². The first kappa shape index (κ1) is 17.3. The third-order valence-corrected chi connectivity index (χ3v) is 3.93. The number of carbonyl (C=O) groups excluding carboxylic acids is 1. The van der Waals surface area contributed by atoms with Crippen LogP contribution < -0.4 is 0 Å². The van der Waals surface area contributed by atoms with Gasteiger partial charge in [0.1, 0.15) is 0 Å². The highest BCUT2D eigenvalue weighted by molar-refractivity contribution is 5.77. The summed E-state index contributed by atoms with van der Waals surface area (Å²) in [5.41, 5.74) is 1.88. The van der Waals surface area contributed by atoms with Gasteiger partial charge in [0, 0.05) is 0 Å². The van der Waals surface area contributed by atoms with Crippen molar-refractivity contribution >= 4 is 6.03 Å². The van der Waals surface area contributed by atoms with E-state index >= 15 is 0 Å². The fraction of sp³-hybridized carbons (Fsp3) is 0.688. The number of unbranched alkanes of at least 4 members (excludes halogenated alkanes) is 5. The zero-order chi connectivity index (χ0) is 16.5. The first-order valence-corrected chi connectivity index (χ1v) is 8.62. The molecule has 0 fully saturated rings.